The Morgan fingerprint density at radius 3 is 2.53 bits per heavy atom. The highest BCUT2D eigenvalue weighted by Crippen LogP contribution is 2.29. The molecule has 1 saturated carbocycles. The predicted octanol–water partition coefficient (Wildman–Crippen LogP) is 4.05. The first kappa shape index (κ1) is 17.0. The first-order chi connectivity index (χ1) is 9.13. The SMILES string of the molecule is CCCCN(C(C)CC)C1CC(C)CCC1NCC. The van der Waals surface area contributed by atoms with E-state index >= 15 is 0 Å². The van der Waals surface area contributed by atoms with E-state index in [-0.39, 0.29) is 0 Å². The summed E-state index contributed by atoms with van der Waals surface area (Å²) in [4.78, 5) is 2.81. The molecule has 114 valence electrons. The molecule has 1 aliphatic carbocycles. The minimum absolute atomic E-state index is 0.715. The van der Waals surface area contributed by atoms with E-state index in [4.69, 9.17) is 0 Å². The third kappa shape index (κ3) is 5.07. The Kier molecular flexibility index (Phi) is 8.01. The van der Waals surface area contributed by atoms with Crippen LogP contribution in [0.15, 0.2) is 0 Å². The van der Waals surface area contributed by atoms with Gasteiger partial charge in [-0.15, -0.1) is 0 Å². The van der Waals surface area contributed by atoms with Gasteiger partial charge in [0.1, 0.15) is 0 Å². The standard InChI is InChI=1S/C17H36N2/c1-6-9-12-19(15(5)7-2)17-13-14(4)10-11-16(17)18-8-3/h14-18H,6-13H2,1-5H3. The van der Waals surface area contributed by atoms with Crippen LogP contribution in [0.1, 0.15) is 73.1 Å². The Morgan fingerprint density at radius 1 is 1.21 bits per heavy atom. The molecular formula is C17H36N2. The molecule has 4 unspecified atom stereocenters. The van der Waals surface area contributed by atoms with Gasteiger partial charge in [-0.25, -0.2) is 0 Å². The van der Waals surface area contributed by atoms with Gasteiger partial charge in [0.2, 0.25) is 0 Å². The van der Waals surface area contributed by atoms with E-state index in [9.17, 15) is 0 Å². The Balaban J connectivity index is 2.74. The van der Waals surface area contributed by atoms with Crippen LogP contribution in [0, 0.1) is 5.92 Å². The van der Waals surface area contributed by atoms with Crippen molar-refractivity contribution in [1.29, 1.82) is 0 Å². The van der Waals surface area contributed by atoms with Gasteiger partial charge >= 0.3 is 0 Å². The lowest BCUT2D eigenvalue weighted by Gasteiger charge is -2.45. The second-order valence-electron chi connectivity index (χ2n) is 6.50. The summed E-state index contributed by atoms with van der Waals surface area (Å²) in [5, 5.41) is 3.75. The number of nitrogens with one attached hydrogen (secondary N) is 1. The second kappa shape index (κ2) is 8.97. The number of rotatable bonds is 8. The molecule has 1 N–H and O–H groups in total. The minimum Gasteiger partial charge on any atom is -0.313 e. The molecule has 0 radical (unpaired) electrons. The fourth-order valence-corrected chi connectivity index (χ4v) is 3.51. The van der Waals surface area contributed by atoms with Crippen molar-refractivity contribution in [3.05, 3.63) is 0 Å². The molecular weight excluding hydrogens is 232 g/mol. The molecule has 1 fully saturated rings. The smallest absolute Gasteiger partial charge is 0.0254 e. The highest BCUT2D eigenvalue weighted by molar-refractivity contribution is 4.91. The Bertz CT molecular complexity index is 229. The monoisotopic (exact) mass is 268 g/mol. The zero-order chi connectivity index (χ0) is 14.3. The largest absolute Gasteiger partial charge is 0.313 e. The number of unbranched alkanes of at least 4 members (excludes halogenated alkanes) is 1. The fourth-order valence-electron chi connectivity index (χ4n) is 3.51. The van der Waals surface area contributed by atoms with Crippen molar-refractivity contribution in [3.63, 3.8) is 0 Å². The third-order valence-corrected chi connectivity index (χ3v) is 4.90. The lowest BCUT2D eigenvalue weighted by Crippen LogP contribution is -2.55. The van der Waals surface area contributed by atoms with Crippen molar-refractivity contribution in [2.75, 3.05) is 13.1 Å². The van der Waals surface area contributed by atoms with Gasteiger partial charge in [0.05, 0.1) is 0 Å². The summed E-state index contributed by atoms with van der Waals surface area (Å²) in [7, 11) is 0. The molecule has 4 atom stereocenters. The summed E-state index contributed by atoms with van der Waals surface area (Å²) in [6.45, 7) is 14.1. The van der Waals surface area contributed by atoms with Crippen LogP contribution in [0.2, 0.25) is 0 Å². The Hall–Kier alpha value is -0.0800. The van der Waals surface area contributed by atoms with E-state index in [2.05, 4.69) is 44.8 Å². The fraction of sp³-hybridized carbons (Fsp3) is 1.00. The number of nitrogens with zero attached hydrogens (tertiary/aromatic N) is 1. The molecule has 2 heteroatoms. The van der Waals surface area contributed by atoms with Crippen LogP contribution in [0.25, 0.3) is 0 Å². The van der Waals surface area contributed by atoms with Crippen molar-refractivity contribution < 1.29 is 0 Å². The Morgan fingerprint density at radius 2 is 1.95 bits per heavy atom. The van der Waals surface area contributed by atoms with Crippen molar-refractivity contribution in [2.24, 2.45) is 5.92 Å². The molecule has 1 rings (SSSR count). The van der Waals surface area contributed by atoms with Gasteiger partial charge in [0.15, 0.2) is 0 Å². The molecule has 0 aliphatic heterocycles. The molecule has 0 saturated heterocycles. The summed E-state index contributed by atoms with van der Waals surface area (Å²) >= 11 is 0. The summed E-state index contributed by atoms with van der Waals surface area (Å²) in [5.74, 6) is 0.896. The van der Waals surface area contributed by atoms with Crippen LogP contribution in [-0.4, -0.2) is 36.1 Å². The zero-order valence-corrected chi connectivity index (χ0v) is 13.9. The number of hydrogen-bond acceptors (Lipinski definition) is 2. The first-order valence-electron chi connectivity index (χ1n) is 8.63. The quantitative estimate of drug-likeness (QED) is 0.714. The molecule has 0 aromatic heterocycles. The van der Waals surface area contributed by atoms with E-state index < -0.39 is 0 Å². The lowest BCUT2D eigenvalue weighted by atomic mass is 9.81. The summed E-state index contributed by atoms with van der Waals surface area (Å²) < 4.78 is 0. The van der Waals surface area contributed by atoms with Crippen LogP contribution in [0.3, 0.4) is 0 Å². The maximum absolute atomic E-state index is 3.75. The van der Waals surface area contributed by atoms with Crippen LogP contribution in [-0.2, 0) is 0 Å². The lowest BCUT2D eigenvalue weighted by molar-refractivity contribution is 0.0662. The van der Waals surface area contributed by atoms with E-state index in [1.807, 2.05) is 0 Å². The van der Waals surface area contributed by atoms with Gasteiger partial charge in [0, 0.05) is 18.1 Å². The van der Waals surface area contributed by atoms with Gasteiger partial charge in [-0.05, 0) is 58.0 Å². The topological polar surface area (TPSA) is 15.3 Å². The molecule has 0 aromatic carbocycles. The first-order valence-corrected chi connectivity index (χ1v) is 8.63. The molecule has 0 bridgehead atoms. The summed E-state index contributed by atoms with van der Waals surface area (Å²) in [6, 6.07) is 2.19. The van der Waals surface area contributed by atoms with Crippen LogP contribution in [0.5, 0.6) is 0 Å². The maximum atomic E-state index is 3.75. The summed E-state index contributed by atoms with van der Waals surface area (Å²) in [5.41, 5.74) is 0. The van der Waals surface area contributed by atoms with Crippen molar-refractivity contribution >= 4 is 0 Å². The van der Waals surface area contributed by atoms with Gasteiger partial charge in [0.25, 0.3) is 0 Å². The van der Waals surface area contributed by atoms with E-state index in [1.165, 1.54) is 45.1 Å². The van der Waals surface area contributed by atoms with Crippen LogP contribution >= 0.6 is 0 Å². The highest BCUT2D eigenvalue weighted by atomic mass is 15.2. The molecule has 0 spiro atoms. The molecule has 0 amide bonds. The maximum Gasteiger partial charge on any atom is 0.0254 e. The second-order valence-corrected chi connectivity index (χ2v) is 6.50. The molecule has 2 nitrogen and oxygen atoms in total. The average Bonchev–Trinajstić information content (AvgIpc) is 2.41. The van der Waals surface area contributed by atoms with Crippen molar-refractivity contribution in [2.45, 2.75) is 91.3 Å². The molecule has 19 heavy (non-hydrogen) atoms. The van der Waals surface area contributed by atoms with E-state index in [0.717, 1.165) is 24.5 Å². The normalized spacial score (nSPS) is 29.7. The molecule has 1 aliphatic rings. The van der Waals surface area contributed by atoms with Gasteiger partial charge in [-0.1, -0.05) is 34.1 Å². The number of hydrogen-bond donors (Lipinski definition) is 1. The Labute approximate surface area is 121 Å². The minimum atomic E-state index is 0.715. The summed E-state index contributed by atoms with van der Waals surface area (Å²) in [6.07, 6.45) is 8.06. The van der Waals surface area contributed by atoms with Crippen LogP contribution < -0.4 is 5.32 Å². The van der Waals surface area contributed by atoms with Gasteiger partial charge < -0.3 is 5.32 Å². The van der Waals surface area contributed by atoms with Gasteiger partial charge in [-0.3, -0.25) is 4.90 Å². The zero-order valence-electron chi connectivity index (χ0n) is 13.9. The third-order valence-electron chi connectivity index (χ3n) is 4.90. The molecule has 0 aromatic rings. The predicted molar refractivity (Wildman–Crippen MR) is 85.6 cm³/mol. The van der Waals surface area contributed by atoms with Crippen molar-refractivity contribution in [3.8, 4) is 0 Å². The average molecular weight is 268 g/mol. The van der Waals surface area contributed by atoms with Crippen LogP contribution in [0.4, 0.5) is 0 Å². The van der Waals surface area contributed by atoms with Crippen molar-refractivity contribution in [1.82, 2.24) is 10.2 Å². The van der Waals surface area contributed by atoms with Gasteiger partial charge in [-0.2, -0.15) is 0 Å². The van der Waals surface area contributed by atoms with E-state index in [1.54, 1.807) is 0 Å². The number of likely N-dealkylation sites (N-methyl/N-ethyl adjacent to an activating group) is 1. The molecule has 0 heterocycles. The van der Waals surface area contributed by atoms with E-state index in [0.29, 0.717) is 6.04 Å². The highest BCUT2D eigenvalue weighted by Gasteiger charge is 2.33.